The number of aryl methyl sites for hydroxylation is 1. The molecule has 0 unspecified atom stereocenters. The van der Waals surface area contributed by atoms with E-state index in [9.17, 15) is 8.42 Å². The Balaban J connectivity index is 2.26. The Hall–Kier alpha value is -1.07. The molecule has 1 saturated heterocycles. The minimum Gasteiger partial charge on any atom is -0.398 e. The van der Waals surface area contributed by atoms with Crippen LogP contribution in [0.2, 0.25) is 0 Å². The molecule has 0 atom stereocenters. The van der Waals surface area contributed by atoms with Crippen molar-refractivity contribution in [3.05, 3.63) is 23.3 Å². The largest absolute Gasteiger partial charge is 0.398 e. The van der Waals surface area contributed by atoms with Crippen molar-refractivity contribution in [2.75, 3.05) is 18.8 Å². The number of anilines is 1. The summed E-state index contributed by atoms with van der Waals surface area (Å²) >= 11 is 0. The zero-order valence-electron chi connectivity index (χ0n) is 13.2. The van der Waals surface area contributed by atoms with E-state index in [0.29, 0.717) is 29.6 Å². The third-order valence-corrected chi connectivity index (χ3v) is 6.68. The number of sulfonamides is 1. The van der Waals surface area contributed by atoms with E-state index in [1.54, 1.807) is 10.4 Å². The van der Waals surface area contributed by atoms with Gasteiger partial charge in [0.2, 0.25) is 10.0 Å². The standard InChI is InChI=1S/C16H26N2O2S/c1-4-5-14-8-10-18(11-9-14)21(19,20)16-13(3)12(2)6-7-15(16)17/h6-7,14H,4-5,8-11,17H2,1-3H3. The number of nitrogens with two attached hydrogens (primary N) is 1. The molecule has 118 valence electrons. The highest BCUT2D eigenvalue weighted by Gasteiger charge is 2.31. The fourth-order valence-corrected chi connectivity index (χ4v) is 4.99. The molecule has 0 aromatic heterocycles. The van der Waals surface area contributed by atoms with E-state index in [-0.39, 0.29) is 0 Å². The summed E-state index contributed by atoms with van der Waals surface area (Å²) in [6, 6.07) is 3.57. The second-order valence-electron chi connectivity index (χ2n) is 6.06. The van der Waals surface area contributed by atoms with Crippen LogP contribution in [0.1, 0.15) is 43.7 Å². The fraction of sp³-hybridized carbons (Fsp3) is 0.625. The summed E-state index contributed by atoms with van der Waals surface area (Å²) < 4.78 is 27.4. The molecule has 5 heteroatoms. The zero-order chi connectivity index (χ0) is 15.6. The van der Waals surface area contributed by atoms with E-state index >= 15 is 0 Å². The molecule has 1 aliphatic rings. The predicted octanol–water partition coefficient (Wildman–Crippen LogP) is 3.09. The van der Waals surface area contributed by atoms with Crippen molar-refractivity contribution < 1.29 is 8.42 Å². The first-order chi connectivity index (χ1) is 9.87. The molecule has 0 bridgehead atoms. The summed E-state index contributed by atoms with van der Waals surface area (Å²) in [5, 5.41) is 0. The Morgan fingerprint density at radius 3 is 2.43 bits per heavy atom. The number of hydrogen-bond acceptors (Lipinski definition) is 3. The van der Waals surface area contributed by atoms with Gasteiger partial charge in [0.25, 0.3) is 0 Å². The van der Waals surface area contributed by atoms with Gasteiger partial charge in [-0.1, -0.05) is 25.8 Å². The van der Waals surface area contributed by atoms with Gasteiger partial charge in [0, 0.05) is 13.1 Å². The number of hydrogen-bond donors (Lipinski definition) is 1. The molecule has 1 aromatic carbocycles. The molecule has 0 saturated carbocycles. The molecule has 0 spiro atoms. The summed E-state index contributed by atoms with van der Waals surface area (Å²) in [7, 11) is -3.48. The van der Waals surface area contributed by atoms with Crippen molar-refractivity contribution >= 4 is 15.7 Å². The summed E-state index contributed by atoms with van der Waals surface area (Å²) in [5.41, 5.74) is 8.04. The highest BCUT2D eigenvalue weighted by molar-refractivity contribution is 7.89. The molecular weight excluding hydrogens is 284 g/mol. The molecule has 4 nitrogen and oxygen atoms in total. The predicted molar refractivity (Wildman–Crippen MR) is 86.7 cm³/mol. The Morgan fingerprint density at radius 2 is 1.86 bits per heavy atom. The lowest BCUT2D eigenvalue weighted by Crippen LogP contribution is -2.39. The van der Waals surface area contributed by atoms with Crippen molar-refractivity contribution in [1.29, 1.82) is 0 Å². The van der Waals surface area contributed by atoms with Gasteiger partial charge < -0.3 is 5.73 Å². The first-order valence-electron chi connectivity index (χ1n) is 7.73. The Labute approximate surface area is 128 Å². The molecule has 0 radical (unpaired) electrons. The lowest BCUT2D eigenvalue weighted by atomic mass is 9.94. The van der Waals surface area contributed by atoms with Crippen LogP contribution in [-0.2, 0) is 10.0 Å². The Bertz CT molecular complexity index is 603. The van der Waals surface area contributed by atoms with Gasteiger partial charge >= 0.3 is 0 Å². The second-order valence-corrected chi connectivity index (χ2v) is 7.94. The maximum atomic E-state index is 12.9. The average molecular weight is 310 g/mol. The van der Waals surface area contributed by atoms with Crippen LogP contribution in [0.4, 0.5) is 5.69 Å². The zero-order valence-corrected chi connectivity index (χ0v) is 14.0. The van der Waals surface area contributed by atoms with E-state index in [2.05, 4.69) is 6.92 Å². The lowest BCUT2D eigenvalue weighted by molar-refractivity contribution is 0.262. The average Bonchev–Trinajstić information content (AvgIpc) is 2.44. The van der Waals surface area contributed by atoms with Gasteiger partial charge in [-0.3, -0.25) is 0 Å². The quantitative estimate of drug-likeness (QED) is 0.869. The van der Waals surface area contributed by atoms with Crippen LogP contribution in [0.15, 0.2) is 17.0 Å². The Kier molecular flexibility index (Phi) is 4.94. The van der Waals surface area contributed by atoms with Crippen molar-refractivity contribution in [1.82, 2.24) is 4.31 Å². The summed E-state index contributed by atoms with van der Waals surface area (Å²) in [5.74, 6) is 0.664. The molecule has 1 aliphatic heterocycles. The smallest absolute Gasteiger partial charge is 0.245 e. The van der Waals surface area contributed by atoms with Crippen LogP contribution >= 0.6 is 0 Å². The number of benzene rings is 1. The molecule has 2 rings (SSSR count). The van der Waals surface area contributed by atoms with Crippen molar-refractivity contribution in [2.24, 2.45) is 5.92 Å². The maximum absolute atomic E-state index is 12.9. The minimum atomic E-state index is -3.48. The van der Waals surface area contributed by atoms with Crippen LogP contribution < -0.4 is 5.73 Å². The molecule has 0 aliphatic carbocycles. The Morgan fingerprint density at radius 1 is 1.24 bits per heavy atom. The van der Waals surface area contributed by atoms with Gasteiger partial charge in [-0.2, -0.15) is 4.31 Å². The first-order valence-corrected chi connectivity index (χ1v) is 9.17. The summed E-state index contributed by atoms with van der Waals surface area (Å²) in [6.07, 6.45) is 4.27. The molecule has 1 heterocycles. The summed E-state index contributed by atoms with van der Waals surface area (Å²) in [4.78, 5) is 0.302. The molecule has 21 heavy (non-hydrogen) atoms. The minimum absolute atomic E-state index is 0.302. The number of piperidine rings is 1. The van der Waals surface area contributed by atoms with Gasteiger partial charge in [-0.25, -0.2) is 8.42 Å². The van der Waals surface area contributed by atoms with E-state index in [4.69, 9.17) is 5.73 Å². The second kappa shape index (κ2) is 6.36. The van der Waals surface area contributed by atoms with Gasteiger partial charge in [0.05, 0.1) is 5.69 Å². The first kappa shape index (κ1) is 16.3. The van der Waals surface area contributed by atoms with E-state index in [1.165, 1.54) is 12.8 Å². The third kappa shape index (κ3) is 3.24. The highest BCUT2D eigenvalue weighted by atomic mass is 32.2. The van der Waals surface area contributed by atoms with Gasteiger partial charge in [-0.05, 0) is 49.8 Å². The van der Waals surface area contributed by atoms with Crippen molar-refractivity contribution in [2.45, 2.75) is 51.3 Å². The lowest BCUT2D eigenvalue weighted by Gasteiger charge is -2.32. The number of rotatable bonds is 4. The van der Waals surface area contributed by atoms with Crippen LogP contribution in [0.25, 0.3) is 0 Å². The number of nitrogen functional groups attached to an aromatic ring is 1. The molecule has 2 N–H and O–H groups in total. The summed E-state index contributed by atoms with van der Waals surface area (Å²) in [6.45, 7) is 7.16. The van der Waals surface area contributed by atoms with Crippen LogP contribution in [0, 0.1) is 19.8 Å². The highest BCUT2D eigenvalue weighted by Crippen LogP contribution is 2.31. The molecule has 1 aromatic rings. The maximum Gasteiger partial charge on any atom is 0.245 e. The van der Waals surface area contributed by atoms with Gasteiger partial charge in [0.15, 0.2) is 0 Å². The van der Waals surface area contributed by atoms with Gasteiger partial charge in [0.1, 0.15) is 4.90 Å². The molecule has 0 amide bonds. The normalized spacial score (nSPS) is 18.0. The van der Waals surface area contributed by atoms with Gasteiger partial charge in [-0.15, -0.1) is 0 Å². The fourth-order valence-electron chi connectivity index (χ4n) is 3.13. The van der Waals surface area contributed by atoms with Crippen molar-refractivity contribution in [3.63, 3.8) is 0 Å². The number of nitrogens with zero attached hydrogens (tertiary/aromatic N) is 1. The van der Waals surface area contributed by atoms with Crippen LogP contribution in [0.5, 0.6) is 0 Å². The topological polar surface area (TPSA) is 63.4 Å². The van der Waals surface area contributed by atoms with E-state index in [0.717, 1.165) is 24.0 Å². The SMILES string of the molecule is CCCC1CCN(S(=O)(=O)c2c(N)ccc(C)c2C)CC1. The molecular formula is C16H26N2O2S. The van der Waals surface area contributed by atoms with Crippen LogP contribution in [-0.4, -0.2) is 25.8 Å². The third-order valence-electron chi connectivity index (χ3n) is 4.58. The van der Waals surface area contributed by atoms with Crippen LogP contribution in [0.3, 0.4) is 0 Å². The van der Waals surface area contributed by atoms with Crippen molar-refractivity contribution in [3.8, 4) is 0 Å². The van der Waals surface area contributed by atoms with E-state index in [1.807, 2.05) is 19.9 Å². The monoisotopic (exact) mass is 310 g/mol. The molecule has 1 fully saturated rings. The van der Waals surface area contributed by atoms with E-state index < -0.39 is 10.0 Å².